The van der Waals surface area contributed by atoms with Crippen LogP contribution in [0.5, 0.6) is 0 Å². The maximum atomic E-state index is 12.8. The van der Waals surface area contributed by atoms with E-state index in [0.29, 0.717) is 27.9 Å². The first kappa shape index (κ1) is 18.5. The second-order valence-electron chi connectivity index (χ2n) is 6.50. The monoisotopic (exact) mass is 363 g/mol. The fourth-order valence-electron chi connectivity index (χ4n) is 2.67. The van der Waals surface area contributed by atoms with Crippen LogP contribution >= 0.6 is 0 Å². The second kappa shape index (κ2) is 7.95. The molecule has 1 N–H and O–H groups in total. The van der Waals surface area contributed by atoms with Gasteiger partial charge in [-0.2, -0.15) is 0 Å². The van der Waals surface area contributed by atoms with Gasteiger partial charge in [0, 0.05) is 17.6 Å². The Bertz CT molecular complexity index is 971. The molecular weight excluding hydrogens is 342 g/mol. The number of fused-ring (bicyclic) bond motifs is 1. The smallest absolute Gasteiger partial charge is 0.339 e. The summed E-state index contributed by atoms with van der Waals surface area (Å²) >= 11 is 0. The molecule has 0 aliphatic rings. The number of carbonyl (C=O) groups excluding carboxylic acids is 2. The van der Waals surface area contributed by atoms with Crippen molar-refractivity contribution in [2.75, 3.05) is 0 Å². The average molecular weight is 363 g/mol. The number of esters is 1. The summed E-state index contributed by atoms with van der Waals surface area (Å²) in [6.07, 6.45) is 0.771. The van der Waals surface area contributed by atoms with Crippen molar-refractivity contribution in [2.45, 2.75) is 32.9 Å². The first-order valence-electron chi connectivity index (χ1n) is 8.78. The number of nitrogens with zero attached hydrogens (tertiary/aromatic N) is 2. The Kier molecular flexibility index (Phi) is 5.45. The van der Waals surface area contributed by atoms with E-state index in [1.165, 1.54) is 0 Å². The largest absolute Gasteiger partial charge is 0.449 e. The van der Waals surface area contributed by atoms with Crippen molar-refractivity contribution in [3.05, 3.63) is 60.3 Å². The summed E-state index contributed by atoms with van der Waals surface area (Å²) in [7, 11) is 0. The number of para-hydroxylation sites is 1. The van der Waals surface area contributed by atoms with Crippen molar-refractivity contribution < 1.29 is 14.3 Å². The highest BCUT2D eigenvalue weighted by Crippen LogP contribution is 2.24. The first-order chi connectivity index (χ1) is 13.0. The van der Waals surface area contributed by atoms with Crippen LogP contribution in [0.3, 0.4) is 0 Å². The molecule has 1 amide bonds. The molecule has 0 spiro atoms. The summed E-state index contributed by atoms with van der Waals surface area (Å²) in [5.41, 5.74) is 2.24. The number of amides is 1. The molecule has 0 unspecified atom stereocenters. The molecule has 0 fully saturated rings. The molecule has 6 heteroatoms. The summed E-state index contributed by atoms with van der Waals surface area (Å²) < 4.78 is 5.40. The van der Waals surface area contributed by atoms with Crippen LogP contribution in [-0.4, -0.2) is 34.0 Å². The van der Waals surface area contributed by atoms with E-state index >= 15 is 0 Å². The third-order valence-corrected chi connectivity index (χ3v) is 3.95. The number of aromatic nitrogens is 2. The summed E-state index contributed by atoms with van der Waals surface area (Å²) in [4.78, 5) is 33.7. The Morgan fingerprint density at radius 3 is 2.44 bits per heavy atom. The van der Waals surface area contributed by atoms with E-state index < -0.39 is 12.1 Å². The number of ether oxygens (including phenoxy) is 1. The SMILES string of the molecule is CC(C)NC(=O)[C@H](C)OC(=O)c1cc(-c2ccccn2)nc2ccccc12. The zero-order valence-electron chi connectivity index (χ0n) is 15.5. The second-order valence-corrected chi connectivity index (χ2v) is 6.50. The standard InChI is InChI=1S/C21H21N3O3/c1-13(2)23-20(25)14(3)27-21(26)16-12-19(18-10-6-7-11-22-18)24-17-9-5-4-8-15(16)17/h4-14H,1-3H3,(H,23,25)/t14-/m0/s1. The molecular formula is C21H21N3O3. The van der Waals surface area contributed by atoms with Gasteiger partial charge in [0.15, 0.2) is 6.10 Å². The van der Waals surface area contributed by atoms with Gasteiger partial charge < -0.3 is 10.1 Å². The third kappa shape index (κ3) is 4.28. The number of rotatable bonds is 5. The molecule has 3 aromatic rings. The van der Waals surface area contributed by atoms with Crippen LogP contribution in [0.15, 0.2) is 54.7 Å². The molecule has 0 aliphatic heterocycles. The maximum Gasteiger partial charge on any atom is 0.339 e. The number of hydrogen-bond acceptors (Lipinski definition) is 5. The number of carbonyl (C=O) groups is 2. The molecule has 6 nitrogen and oxygen atoms in total. The normalized spacial score (nSPS) is 12.0. The minimum Gasteiger partial charge on any atom is -0.449 e. The quantitative estimate of drug-likeness (QED) is 0.703. The molecule has 1 atom stereocenters. The van der Waals surface area contributed by atoms with Gasteiger partial charge in [-0.05, 0) is 45.0 Å². The zero-order valence-corrected chi connectivity index (χ0v) is 15.5. The fraction of sp³-hybridized carbons (Fsp3) is 0.238. The van der Waals surface area contributed by atoms with E-state index in [4.69, 9.17) is 4.74 Å². The van der Waals surface area contributed by atoms with Crippen LogP contribution < -0.4 is 5.32 Å². The van der Waals surface area contributed by atoms with Gasteiger partial charge in [0.2, 0.25) is 0 Å². The van der Waals surface area contributed by atoms with Gasteiger partial charge in [-0.1, -0.05) is 24.3 Å². The summed E-state index contributed by atoms with van der Waals surface area (Å²) in [6.45, 7) is 5.25. The highest BCUT2D eigenvalue weighted by Gasteiger charge is 2.22. The fourth-order valence-corrected chi connectivity index (χ4v) is 2.67. The van der Waals surface area contributed by atoms with Gasteiger partial charge >= 0.3 is 5.97 Å². The summed E-state index contributed by atoms with van der Waals surface area (Å²) in [6, 6.07) is 14.4. The van der Waals surface area contributed by atoms with Gasteiger partial charge in [-0.25, -0.2) is 9.78 Å². The highest BCUT2D eigenvalue weighted by molar-refractivity contribution is 6.05. The molecule has 2 heterocycles. The van der Waals surface area contributed by atoms with Crippen LogP contribution in [0, 0.1) is 0 Å². The van der Waals surface area contributed by atoms with Gasteiger partial charge in [0.1, 0.15) is 0 Å². The van der Waals surface area contributed by atoms with E-state index in [-0.39, 0.29) is 11.9 Å². The molecule has 2 aromatic heterocycles. The van der Waals surface area contributed by atoms with Gasteiger partial charge in [-0.15, -0.1) is 0 Å². The minimum absolute atomic E-state index is 0.0313. The van der Waals surface area contributed by atoms with Crippen LogP contribution in [0.2, 0.25) is 0 Å². The van der Waals surface area contributed by atoms with Crippen molar-refractivity contribution in [1.82, 2.24) is 15.3 Å². The number of nitrogens with one attached hydrogen (secondary N) is 1. The Hall–Kier alpha value is -3.28. The topological polar surface area (TPSA) is 81.2 Å². The Labute approximate surface area is 157 Å². The lowest BCUT2D eigenvalue weighted by Gasteiger charge is -2.16. The van der Waals surface area contributed by atoms with Gasteiger partial charge in [0.25, 0.3) is 5.91 Å². The van der Waals surface area contributed by atoms with Crippen molar-refractivity contribution in [1.29, 1.82) is 0 Å². The molecule has 27 heavy (non-hydrogen) atoms. The molecule has 0 radical (unpaired) electrons. The maximum absolute atomic E-state index is 12.8. The molecule has 138 valence electrons. The van der Waals surface area contributed by atoms with Crippen molar-refractivity contribution in [2.24, 2.45) is 0 Å². The number of pyridine rings is 2. The lowest BCUT2D eigenvalue weighted by molar-refractivity contribution is -0.129. The Balaban J connectivity index is 1.97. The van der Waals surface area contributed by atoms with Crippen molar-refractivity contribution in [3.63, 3.8) is 0 Å². The predicted octanol–water partition coefficient (Wildman–Crippen LogP) is 3.37. The van der Waals surface area contributed by atoms with Crippen molar-refractivity contribution in [3.8, 4) is 11.4 Å². The van der Waals surface area contributed by atoms with E-state index in [9.17, 15) is 9.59 Å². The molecule has 1 aromatic carbocycles. The lowest BCUT2D eigenvalue weighted by Crippen LogP contribution is -2.39. The highest BCUT2D eigenvalue weighted by atomic mass is 16.5. The minimum atomic E-state index is -0.898. The summed E-state index contributed by atoms with van der Waals surface area (Å²) in [5, 5.41) is 3.40. The van der Waals surface area contributed by atoms with Gasteiger partial charge in [0.05, 0.1) is 22.5 Å². The van der Waals surface area contributed by atoms with Crippen LogP contribution in [0.1, 0.15) is 31.1 Å². The van der Waals surface area contributed by atoms with E-state index in [1.807, 2.05) is 50.2 Å². The van der Waals surface area contributed by atoms with Crippen LogP contribution in [0.4, 0.5) is 0 Å². The zero-order chi connectivity index (χ0) is 19.4. The third-order valence-electron chi connectivity index (χ3n) is 3.95. The Morgan fingerprint density at radius 2 is 1.74 bits per heavy atom. The number of hydrogen-bond donors (Lipinski definition) is 1. The summed E-state index contributed by atoms with van der Waals surface area (Å²) in [5.74, 6) is -0.904. The van der Waals surface area contributed by atoms with Crippen LogP contribution in [-0.2, 0) is 9.53 Å². The average Bonchev–Trinajstić information content (AvgIpc) is 2.67. The molecule has 0 saturated heterocycles. The predicted molar refractivity (Wildman–Crippen MR) is 103 cm³/mol. The van der Waals surface area contributed by atoms with E-state index in [2.05, 4.69) is 15.3 Å². The molecule has 0 saturated carbocycles. The number of benzene rings is 1. The van der Waals surface area contributed by atoms with E-state index in [1.54, 1.807) is 25.3 Å². The van der Waals surface area contributed by atoms with Crippen LogP contribution in [0.25, 0.3) is 22.3 Å². The van der Waals surface area contributed by atoms with E-state index in [0.717, 1.165) is 0 Å². The Morgan fingerprint density at radius 1 is 1.00 bits per heavy atom. The van der Waals surface area contributed by atoms with Crippen molar-refractivity contribution >= 4 is 22.8 Å². The molecule has 3 rings (SSSR count). The lowest BCUT2D eigenvalue weighted by atomic mass is 10.1. The van der Waals surface area contributed by atoms with Gasteiger partial charge in [-0.3, -0.25) is 9.78 Å². The molecule has 0 bridgehead atoms. The first-order valence-corrected chi connectivity index (χ1v) is 8.78. The molecule has 0 aliphatic carbocycles.